The van der Waals surface area contributed by atoms with Crippen molar-refractivity contribution < 1.29 is 24.2 Å². The van der Waals surface area contributed by atoms with Gasteiger partial charge in [0.05, 0.1) is 12.8 Å². The van der Waals surface area contributed by atoms with Crippen LogP contribution in [-0.2, 0) is 0 Å². The fourth-order valence-electron chi connectivity index (χ4n) is 2.92. The Morgan fingerprint density at radius 3 is 2.52 bits per heavy atom. The second-order valence-electron chi connectivity index (χ2n) is 6.10. The van der Waals surface area contributed by atoms with Gasteiger partial charge >= 0.3 is 5.97 Å². The van der Waals surface area contributed by atoms with E-state index in [1.54, 1.807) is 23.1 Å². The van der Waals surface area contributed by atoms with E-state index in [1.165, 1.54) is 25.4 Å². The van der Waals surface area contributed by atoms with Gasteiger partial charge in [0.25, 0.3) is 11.8 Å². The highest BCUT2D eigenvalue weighted by Gasteiger charge is 2.21. The average Bonchev–Trinajstić information content (AvgIpc) is 3.22. The molecule has 1 saturated heterocycles. The maximum absolute atomic E-state index is 12.6. The Labute approximate surface area is 155 Å². The molecule has 8 heteroatoms. The first-order valence-electron chi connectivity index (χ1n) is 8.47. The number of nitrogens with zero attached hydrogens (tertiary/aromatic N) is 2. The van der Waals surface area contributed by atoms with Crippen LogP contribution in [0.25, 0.3) is 0 Å². The van der Waals surface area contributed by atoms with Gasteiger partial charge in [-0.2, -0.15) is 0 Å². The number of carbonyl (C=O) groups is 3. The van der Waals surface area contributed by atoms with Gasteiger partial charge in [0.15, 0.2) is 0 Å². The Morgan fingerprint density at radius 1 is 1.11 bits per heavy atom. The maximum Gasteiger partial charge on any atom is 0.354 e. The third-order valence-electron chi connectivity index (χ3n) is 4.33. The van der Waals surface area contributed by atoms with E-state index in [0.29, 0.717) is 17.0 Å². The van der Waals surface area contributed by atoms with E-state index in [2.05, 4.69) is 10.3 Å². The van der Waals surface area contributed by atoms with E-state index in [9.17, 15) is 14.4 Å². The SMILES string of the molecule is COc1ccc(C(=O)N2CCCC2)cc1NC(=O)c1ccnc(C(=O)O)c1. The lowest BCUT2D eigenvalue weighted by atomic mass is 10.1. The summed E-state index contributed by atoms with van der Waals surface area (Å²) >= 11 is 0. The molecule has 1 aromatic carbocycles. The predicted molar refractivity (Wildman–Crippen MR) is 97.3 cm³/mol. The van der Waals surface area contributed by atoms with E-state index in [1.807, 2.05) is 0 Å². The fraction of sp³-hybridized carbons (Fsp3) is 0.263. The molecule has 0 aliphatic carbocycles. The number of carboxylic acids is 1. The molecule has 140 valence electrons. The van der Waals surface area contributed by atoms with Crippen molar-refractivity contribution in [2.45, 2.75) is 12.8 Å². The summed E-state index contributed by atoms with van der Waals surface area (Å²) in [6.07, 6.45) is 3.22. The molecule has 2 N–H and O–H groups in total. The van der Waals surface area contributed by atoms with Crippen LogP contribution in [0.3, 0.4) is 0 Å². The van der Waals surface area contributed by atoms with E-state index in [4.69, 9.17) is 9.84 Å². The molecule has 0 atom stereocenters. The summed E-state index contributed by atoms with van der Waals surface area (Å²) < 4.78 is 5.26. The number of methoxy groups -OCH3 is 1. The molecule has 8 nitrogen and oxygen atoms in total. The van der Waals surface area contributed by atoms with Gasteiger partial charge in [-0.1, -0.05) is 0 Å². The average molecular weight is 369 g/mol. The van der Waals surface area contributed by atoms with Crippen molar-refractivity contribution in [3.63, 3.8) is 0 Å². The number of amides is 2. The number of rotatable bonds is 5. The number of benzene rings is 1. The highest BCUT2D eigenvalue weighted by atomic mass is 16.5. The Bertz CT molecular complexity index is 891. The fourth-order valence-corrected chi connectivity index (χ4v) is 2.92. The van der Waals surface area contributed by atoms with Gasteiger partial charge in [-0.05, 0) is 43.2 Å². The number of nitrogens with one attached hydrogen (secondary N) is 1. The molecule has 2 heterocycles. The van der Waals surface area contributed by atoms with E-state index < -0.39 is 11.9 Å². The smallest absolute Gasteiger partial charge is 0.354 e. The minimum atomic E-state index is -1.22. The summed E-state index contributed by atoms with van der Waals surface area (Å²) in [5, 5.41) is 11.7. The molecule has 0 spiro atoms. The van der Waals surface area contributed by atoms with Crippen molar-refractivity contribution in [3.05, 3.63) is 53.3 Å². The van der Waals surface area contributed by atoms with E-state index >= 15 is 0 Å². The Balaban J connectivity index is 1.85. The van der Waals surface area contributed by atoms with Crippen LogP contribution < -0.4 is 10.1 Å². The number of hydrogen-bond donors (Lipinski definition) is 2. The zero-order valence-electron chi connectivity index (χ0n) is 14.8. The van der Waals surface area contributed by atoms with Crippen LogP contribution in [0.5, 0.6) is 5.75 Å². The standard InChI is InChI=1S/C19H19N3O5/c1-27-16-5-4-13(18(24)22-8-2-3-9-22)11-14(16)21-17(23)12-6-7-20-15(10-12)19(25)26/h4-7,10-11H,2-3,8-9H2,1H3,(H,21,23)(H,25,26). The summed E-state index contributed by atoms with van der Waals surface area (Å²) in [5.74, 6) is -1.44. The number of carbonyl (C=O) groups excluding carboxylic acids is 2. The topological polar surface area (TPSA) is 109 Å². The van der Waals surface area contributed by atoms with Gasteiger partial charge in [-0.3, -0.25) is 9.59 Å². The molecule has 27 heavy (non-hydrogen) atoms. The molecule has 1 aromatic heterocycles. The molecule has 0 bridgehead atoms. The molecule has 1 aliphatic rings. The van der Waals surface area contributed by atoms with Crippen molar-refractivity contribution >= 4 is 23.5 Å². The number of ether oxygens (including phenoxy) is 1. The first kappa shape index (κ1) is 18.4. The molecule has 1 aliphatic heterocycles. The lowest BCUT2D eigenvalue weighted by Crippen LogP contribution is -2.27. The minimum absolute atomic E-state index is 0.0947. The quantitative estimate of drug-likeness (QED) is 0.837. The molecule has 2 aromatic rings. The van der Waals surface area contributed by atoms with Gasteiger partial charge in [-0.15, -0.1) is 0 Å². The zero-order valence-corrected chi connectivity index (χ0v) is 14.8. The van der Waals surface area contributed by atoms with Crippen LogP contribution >= 0.6 is 0 Å². The molecular formula is C19H19N3O5. The monoisotopic (exact) mass is 369 g/mol. The van der Waals surface area contributed by atoms with Crippen LogP contribution in [0, 0.1) is 0 Å². The number of hydrogen-bond acceptors (Lipinski definition) is 5. The lowest BCUT2D eigenvalue weighted by molar-refractivity contribution is 0.0689. The van der Waals surface area contributed by atoms with Gasteiger partial charge in [0.1, 0.15) is 11.4 Å². The molecule has 1 fully saturated rings. The van der Waals surface area contributed by atoms with Gasteiger partial charge in [0.2, 0.25) is 0 Å². The first-order chi connectivity index (χ1) is 13.0. The van der Waals surface area contributed by atoms with Crippen LogP contribution in [0.1, 0.15) is 44.0 Å². The Hall–Kier alpha value is -3.42. The summed E-state index contributed by atoms with van der Waals surface area (Å²) in [6, 6.07) is 7.44. The molecule has 0 saturated carbocycles. The second-order valence-corrected chi connectivity index (χ2v) is 6.10. The third-order valence-corrected chi connectivity index (χ3v) is 4.33. The summed E-state index contributed by atoms with van der Waals surface area (Å²) in [5.41, 5.74) is 0.698. The third kappa shape index (κ3) is 4.05. The van der Waals surface area contributed by atoms with Gasteiger partial charge in [0, 0.05) is 30.4 Å². The number of carboxylic acid groups (broad SMARTS) is 1. The lowest BCUT2D eigenvalue weighted by Gasteiger charge is -2.17. The normalized spacial score (nSPS) is 13.3. The Morgan fingerprint density at radius 2 is 1.85 bits per heavy atom. The summed E-state index contributed by atoms with van der Waals surface area (Å²) in [6.45, 7) is 1.45. The highest BCUT2D eigenvalue weighted by molar-refractivity contribution is 6.06. The van der Waals surface area contributed by atoms with Crippen molar-refractivity contribution in [1.29, 1.82) is 0 Å². The molecule has 2 amide bonds. The maximum atomic E-state index is 12.6. The number of aromatic carboxylic acids is 1. The largest absolute Gasteiger partial charge is 0.495 e. The van der Waals surface area contributed by atoms with Crippen molar-refractivity contribution in [3.8, 4) is 5.75 Å². The zero-order chi connectivity index (χ0) is 19.4. The van der Waals surface area contributed by atoms with Crippen LogP contribution in [0.2, 0.25) is 0 Å². The van der Waals surface area contributed by atoms with Crippen LogP contribution in [-0.4, -0.2) is 53.0 Å². The Kier molecular flexibility index (Phi) is 5.35. The molecule has 0 unspecified atom stereocenters. The molecular weight excluding hydrogens is 350 g/mol. The van der Waals surface area contributed by atoms with Crippen LogP contribution in [0.15, 0.2) is 36.5 Å². The van der Waals surface area contributed by atoms with E-state index in [0.717, 1.165) is 25.9 Å². The van der Waals surface area contributed by atoms with Crippen molar-refractivity contribution in [2.75, 3.05) is 25.5 Å². The van der Waals surface area contributed by atoms with Gasteiger partial charge < -0.3 is 20.1 Å². The second kappa shape index (κ2) is 7.86. The number of pyridine rings is 1. The predicted octanol–water partition coefficient (Wildman–Crippen LogP) is 2.28. The molecule has 3 rings (SSSR count). The van der Waals surface area contributed by atoms with Gasteiger partial charge in [-0.25, -0.2) is 9.78 Å². The summed E-state index contributed by atoms with van der Waals surface area (Å²) in [7, 11) is 1.46. The highest BCUT2D eigenvalue weighted by Crippen LogP contribution is 2.27. The molecule has 0 radical (unpaired) electrons. The van der Waals surface area contributed by atoms with Crippen molar-refractivity contribution in [1.82, 2.24) is 9.88 Å². The minimum Gasteiger partial charge on any atom is -0.495 e. The number of anilines is 1. The number of likely N-dealkylation sites (tertiary alicyclic amines) is 1. The summed E-state index contributed by atoms with van der Waals surface area (Å²) in [4.78, 5) is 41.6. The first-order valence-corrected chi connectivity index (χ1v) is 8.47. The van der Waals surface area contributed by atoms with Crippen LogP contribution in [0.4, 0.5) is 5.69 Å². The van der Waals surface area contributed by atoms with Crippen molar-refractivity contribution in [2.24, 2.45) is 0 Å². The number of aromatic nitrogens is 1. The van der Waals surface area contributed by atoms with E-state index in [-0.39, 0.29) is 17.2 Å².